The Morgan fingerprint density at radius 2 is 1.97 bits per heavy atom. The molecule has 0 N–H and O–H groups in total. The number of aryl methyl sites for hydroxylation is 1. The minimum atomic E-state index is -3.72. The van der Waals surface area contributed by atoms with E-state index in [1.54, 1.807) is 19.9 Å². The second-order valence-electron chi connectivity index (χ2n) is 6.79. The molecular weight excluding hydrogens is 400 g/mol. The van der Waals surface area contributed by atoms with Crippen molar-refractivity contribution in [2.24, 2.45) is 0 Å². The van der Waals surface area contributed by atoms with Crippen LogP contribution in [0, 0.1) is 6.92 Å². The highest BCUT2D eigenvalue weighted by Gasteiger charge is 2.27. The number of morpholine rings is 1. The molecule has 0 saturated carbocycles. The van der Waals surface area contributed by atoms with Crippen molar-refractivity contribution in [3.8, 4) is 0 Å². The number of carbonyl (C=O) groups excluding carboxylic acids is 1. The molecule has 2 aromatic rings. The Kier molecular flexibility index (Phi) is 6.20. The predicted octanol–water partition coefficient (Wildman–Crippen LogP) is 1.38. The van der Waals surface area contributed by atoms with E-state index in [1.165, 1.54) is 26.2 Å². The van der Waals surface area contributed by atoms with Gasteiger partial charge in [0.1, 0.15) is 0 Å². The number of benzene rings is 1. The first-order valence-electron chi connectivity index (χ1n) is 9.10. The van der Waals surface area contributed by atoms with Gasteiger partial charge in [0, 0.05) is 27.2 Å². The summed E-state index contributed by atoms with van der Waals surface area (Å²) in [6, 6.07) is 4.45. The summed E-state index contributed by atoms with van der Waals surface area (Å²) in [7, 11) is -0.849. The molecule has 1 aromatic carbocycles. The molecule has 0 radical (unpaired) electrons. The number of hydrogen-bond acceptors (Lipinski definition) is 9. The van der Waals surface area contributed by atoms with Crippen molar-refractivity contribution in [1.29, 1.82) is 0 Å². The summed E-state index contributed by atoms with van der Waals surface area (Å²) in [6.07, 6.45) is -0.782. The van der Waals surface area contributed by atoms with E-state index in [9.17, 15) is 13.2 Å². The Morgan fingerprint density at radius 1 is 1.28 bits per heavy atom. The van der Waals surface area contributed by atoms with E-state index in [0.717, 1.165) is 4.31 Å². The van der Waals surface area contributed by atoms with Crippen LogP contribution in [0.2, 0.25) is 0 Å². The minimum absolute atomic E-state index is 0.00717. The second-order valence-corrected chi connectivity index (χ2v) is 8.95. The monoisotopic (exact) mass is 424 g/mol. The third-order valence-electron chi connectivity index (χ3n) is 4.49. The van der Waals surface area contributed by atoms with Crippen LogP contribution in [0.15, 0.2) is 27.6 Å². The van der Waals surface area contributed by atoms with E-state index in [-0.39, 0.29) is 16.3 Å². The minimum Gasteiger partial charge on any atom is -0.449 e. The molecule has 10 nitrogen and oxygen atoms in total. The Balaban J connectivity index is 1.96. The fourth-order valence-corrected chi connectivity index (χ4v) is 3.81. The summed E-state index contributed by atoms with van der Waals surface area (Å²) in [4.78, 5) is 19.0. The largest absolute Gasteiger partial charge is 0.449 e. The first-order valence-corrected chi connectivity index (χ1v) is 10.5. The van der Waals surface area contributed by atoms with E-state index in [2.05, 4.69) is 10.1 Å². The topological polar surface area (TPSA) is 115 Å². The number of nitrogens with zero attached hydrogens (tertiary/aromatic N) is 4. The number of anilines is 1. The Labute approximate surface area is 169 Å². The average molecular weight is 424 g/mol. The first kappa shape index (κ1) is 21.2. The lowest BCUT2D eigenvalue weighted by molar-refractivity contribution is 0.0265. The van der Waals surface area contributed by atoms with E-state index in [4.69, 9.17) is 14.0 Å². The van der Waals surface area contributed by atoms with E-state index in [1.807, 2.05) is 4.90 Å². The van der Waals surface area contributed by atoms with Crippen molar-refractivity contribution < 1.29 is 27.2 Å². The Morgan fingerprint density at radius 3 is 2.55 bits per heavy atom. The van der Waals surface area contributed by atoms with Gasteiger partial charge in [0.25, 0.3) is 5.89 Å². The molecule has 0 aliphatic carbocycles. The number of aromatic nitrogens is 2. The van der Waals surface area contributed by atoms with Crippen molar-refractivity contribution in [3.05, 3.63) is 35.5 Å². The van der Waals surface area contributed by atoms with Crippen LogP contribution in [0.3, 0.4) is 0 Å². The van der Waals surface area contributed by atoms with E-state index in [0.29, 0.717) is 37.8 Å². The molecular formula is C18H24N4O6S. The highest BCUT2D eigenvalue weighted by molar-refractivity contribution is 7.89. The number of sulfonamides is 1. The predicted molar refractivity (Wildman–Crippen MR) is 103 cm³/mol. The van der Waals surface area contributed by atoms with Crippen molar-refractivity contribution >= 4 is 21.7 Å². The summed E-state index contributed by atoms with van der Waals surface area (Å²) in [5.74, 6) is -0.0810. The van der Waals surface area contributed by atoms with Crippen LogP contribution in [-0.4, -0.2) is 69.2 Å². The van der Waals surface area contributed by atoms with Gasteiger partial charge < -0.3 is 18.9 Å². The molecule has 3 rings (SSSR count). The molecule has 1 fully saturated rings. The highest BCUT2D eigenvalue weighted by Crippen LogP contribution is 2.28. The molecule has 1 aromatic heterocycles. The number of hydrogen-bond donors (Lipinski definition) is 0. The fraction of sp³-hybridized carbons (Fsp3) is 0.500. The van der Waals surface area contributed by atoms with Crippen molar-refractivity contribution in [1.82, 2.24) is 14.4 Å². The molecule has 158 valence electrons. The summed E-state index contributed by atoms with van der Waals surface area (Å²) >= 11 is 0. The number of ether oxygens (including phenoxy) is 2. The second kappa shape index (κ2) is 8.47. The fourth-order valence-electron chi connectivity index (χ4n) is 2.88. The van der Waals surface area contributed by atoms with Gasteiger partial charge in [-0.1, -0.05) is 5.16 Å². The third-order valence-corrected chi connectivity index (χ3v) is 6.30. The molecule has 1 aliphatic heterocycles. The molecule has 0 bridgehead atoms. The van der Waals surface area contributed by atoms with E-state index < -0.39 is 22.1 Å². The maximum Gasteiger partial charge on any atom is 0.341 e. The van der Waals surface area contributed by atoms with Gasteiger partial charge in [-0.25, -0.2) is 17.5 Å². The molecule has 0 amide bonds. The van der Waals surface area contributed by atoms with Crippen molar-refractivity contribution in [3.63, 3.8) is 0 Å². The van der Waals surface area contributed by atoms with Gasteiger partial charge in [-0.15, -0.1) is 0 Å². The Hall–Kier alpha value is -2.50. The summed E-state index contributed by atoms with van der Waals surface area (Å²) < 4.78 is 42.1. The van der Waals surface area contributed by atoms with Crippen LogP contribution < -0.4 is 4.90 Å². The molecule has 1 atom stereocenters. The van der Waals surface area contributed by atoms with Crippen LogP contribution in [0.25, 0.3) is 0 Å². The maximum atomic E-state index is 13.0. The lowest BCUT2D eigenvalue weighted by atomic mass is 10.1. The molecule has 2 heterocycles. The zero-order valence-corrected chi connectivity index (χ0v) is 17.6. The van der Waals surface area contributed by atoms with Crippen molar-refractivity contribution in [2.45, 2.75) is 24.8 Å². The smallest absolute Gasteiger partial charge is 0.341 e. The van der Waals surface area contributed by atoms with Crippen molar-refractivity contribution in [2.75, 3.05) is 45.3 Å². The third kappa shape index (κ3) is 4.57. The molecule has 1 aliphatic rings. The average Bonchev–Trinajstić information content (AvgIpc) is 3.14. The zero-order valence-electron chi connectivity index (χ0n) is 16.8. The van der Waals surface area contributed by atoms with Crippen LogP contribution in [0.5, 0.6) is 0 Å². The number of esters is 1. The standard InChI is InChI=1S/C18H24N4O6S/c1-12(17-19-13(2)20-28-17)27-18(23)15-11-14(29(24,25)21(3)4)5-6-16(15)22-7-9-26-10-8-22/h5-6,11-12H,7-10H2,1-4H3. The van der Waals surface area contributed by atoms with Gasteiger partial charge in [0.05, 0.1) is 29.4 Å². The lowest BCUT2D eigenvalue weighted by Gasteiger charge is -2.30. The summed E-state index contributed by atoms with van der Waals surface area (Å²) in [6.45, 7) is 5.47. The van der Waals surface area contributed by atoms with Gasteiger partial charge in [-0.05, 0) is 32.0 Å². The zero-order chi connectivity index (χ0) is 21.2. The van der Waals surface area contributed by atoms with Gasteiger partial charge in [-0.3, -0.25) is 0 Å². The molecule has 1 saturated heterocycles. The Bertz CT molecular complexity index is 982. The summed E-state index contributed by atoms with van der Waals surface area (Å²) in [5, 5.41) is 3.69. The van der Waals surface area contributed by atoms with Crippen LogP contribution in [-0.2, 0) is 19.5 Å². The van der Waals surface area contributed by atoms with Crippen LogP contribution >= 0.6 is 0 Å². The van der Waals surface area contributed by atoms with Crippen LogP contribution in [0.4, 0.5) is 5.69 Å². The van der Waals surface area contributed by atoms with Gasteiger partial charge in [-0.2, -0.15) is 4.98 Å². The molecule has 0 spiro atoms. The van der Waals surface area contributed by atoms with Gasteiger partial charge in [0.2, 0.25) is 10.0 Å². The van der Waals surface area contributed by atoms with Crippen LogP contribution in [0.1, 0.15) is 35.1 Å². The van der Waals surface area contributed by atoms with E-state index >= 15 is 0 Å². The lowest BCUT2D eigenvalue weighted by Crippen LogP contribution is -2.37. The molecule has 1 unspecified atom stereocenters. The van der Waals surface area contributed by atoms with Gasteiger partial charge in [0.15, 0.2) is 11.9 Å². The maximum absolute atomic E-state index is 13.0. The quantitative estimate of drug-likeness (QED) is 0.634. The SMILES string of the molecule is Cc1noc(C(C)OC(=O)c2cc(S(=O)(=O)N(C)C)ccc2N2CCOCC2)n1. The number of carbonyl (C=O) groups is 1. The summed E-state index contributed by atoms with van der Waals surface area (Å²) in [5.41, 5.74) is 0.739. The molecule has 29 heavy (non-hydrogen) atoms. The first-order chi connectivity index (χ1) is 13.7. The van der Waals surface area contributed by atoms with Gasteiger partial charge >= 0.3 is 5.97 Å². The highest BCUT2D eigenvalue weighted by atomic mass is 32.2. The number of rotatable bonds is 6. The normalized spacial score (nSPS) is 16.1. The molecule has 11 heteroatoms.